The van der Waals surface area contributed by atoms with Gasteiger partial charge in [0.05, 0.1) is 0 Å². The molecule has 3 aromatic rings. The number of nitrogens with zero attached hydrogens (tertiary/aromatic N) is 2. The second kappa shape index (κ2) is 7.67. The fraction of sp³-hybridized carbons (Fsp3) is 0.280. The third-order valence-electron chi connectivity index (χ3n) is 6.03. The van der Waals surface area contributed by atoms with Crippen molar-refractivity contribution < 1.29 is 18.3 Å². The largest absolute Gasteiger partial charge is 0.485 e. The molecule has 0 radical (unpaired) electrons. The van der Waals surface area contributed by atoms with Gasteiger partial charge in [-0.1, -0.05) is 36.4 Å². The van der Waals surface area contributed by atoms with Crippen molar-refractivity contribution in [3.63, 3.8) is 0 Å². The van der Waals surface area contributed by atoms with Crippen molar-refractivity contribution in [2.45, 2.75) is 30.9 Å². The van der Waals surface area contributed by atoms with Gasteiger partial charge in [-0.05, 0) is 41.8 Å². The van der Waals surface area contributed by atoms with Crippen molar-refractivity contribution in [3.8, 4) is 16.9 Å². The maximum Gasteiger partial charge on any atom is 0.299 e. The maximum absolute atomic E-state index is 15.8. The number of hydrogen-bond donors (Lipinski definition) is 1. The van der Waals surface area contributed by atoms with E-state index in [0.29, 0.717) is 11.3 Å². The highest BCUT2D eigenvalue weighted by atomic mass is 19.3. The van der Waals surface area contributed by atoms with Gasteiger partial charge >= 0.3 is 0 Å². The Morgan fingerprint density at radius 3 is 2.62 bits per heavy atom. The molecule has 3 heterocycles. The van der Waals surface area contributed by atoms with Crippen LogP contribution in [0, 0.1) is 6.92 Å². The number of aliphatic imine (C=N–C) groups is 1. The van der Waals surface area contributed by atoms with Gasteiger partial charge in [0, 0.05) is 29.9 Å². The van der Waals surface area contributed by atoms with Crippen molar-refractivity contribution in [1.82, 2.24) is 4.98 Å². The van der Waals surface area contributed by atoms with Crippen LogP contribution in [0.4, 0.5) is 8.78 Å². The fourth-order valence-electron chi connectivity index (χ4n) is 4.49. The quantitative estimate of drug-likeness (QED) is 0.628. The highest BCUT2D eigenvalue weighted by Crippen LogP contribution is 2.55. The molecule has 164 valence electrons. The molecule has 2 aliphatic heterocycles. The lowest BCUT2D eigenvalue weighted by molar-refractivity contribution is -0.136. The van der Waals surface area contributed by atoms with Crippen molar-refractivity contribution in [2.24, 2.45) is 10.7 Å². The summed E-state index contributed by atoms with van der Waals surface area (Å²) in [6, 6.07) is 16.6. The summed E-state index contributed by atoms with van der Waals surface area (Å²) in [6.07, 6.45) is 2.80. The molecule has 2 aliphatic rings. The number of aromatic nitrogens is 1. The van der Waals surface area contributed by atoms with Gasteiger partial charge in [0.15, 0.2) is 5.54 Å². The van der Waals surface area contributed by atoms with E-state index >= 15 is 8.78 Å². The van der Waals surface area contributed by atoms with Crippen LogP contribution < -0.4 is 10.5 Å². The molecule has 1 spiro atoms. The lowest BCUT2D eigenvalue weighted by Crippen LogP contribution is -2.50. The third-order valence-corrected chi connectivity index (χ3v) is 6.03. The summed E-state index contributed by atoms with van der Waals surface area (Å²) in [7, 11) is 0. The zero-order valence-electron chi connectivity index (χ0n) is 17.6. The van der Waals surface area contributed by atoms with E-state index in [2.05, 4.69) is 9.98 Å². The molecular weight excluding hydrogens is 412 g/mol. The van der Waals surface area contributed by atoms with Gasteiger partial charge in [0.25, 0.3) is 5.92 Å². The molecule has 32 heavy (non-hydrogen) atoms. The van der Waals surface area contributed by atoms with Gasteiger partial charge in [0.2, 0.25) is 0 Å². The molecule has 0 fully saturated rings. The molecule has 0 saturated carbocycles. The number of pyridine rings is 1. The van der Waals surface area contributed by atoms with Crippen LogP contribution in [0.2, 0.25) is 0 Å². The standard InChI is InChI=1S/C25H23F2N3O2/c1-16-9-19(13-29-12-16)18-7-8-21-20(10-18)24(25(26,27)15-31-14-23(28)30-24)11-22(32-21)17-5-3-2-4-6-17/h2-10,12-13,22H,11,14-15H2,1H3,(H2,28,30)/t22?,24-/m1/s1. The van der Waals surface area contributed by atoms with Crippen LogP contribution in [0.5, 0.6) is 5.75 Å². The van der Waals surface area contributed by atoms with E-state index in [0.717, 1.165) is 22.3 Å². The Bertz CT molecular complexity index is 1180. The van der Waals surface area contributed by atoms with Crippen LogP contribution in [0.1, 0.15) is 29.2 Å². The Morgan fingerprint density at radius 1 is 1.03 bits per heavy atom. The highest BCUT2D eigenvalue weighted by molar-refractivity contribution is 5.83. The van der Waals surface area contributed by atoms with E-state index in [-0.39, 0.29) is 18.9 Å². The minimum Gasteiger partial charge on any atom is -0.485 e. The number of hydrogen-bond acceptors (Lipinski definition) is 5. The van der Waals surface area contributed by atoms with Crippen molar-refractivity contribution in [2.75, 3.05) is 13.2 Å². The summed E-state index contributed by atoms with van der Waals surface area (Å²) in [4.78, 5) is 8.65. The Labute approximate surface area is 184 Å². The summed E-state index contributed by atoms with van der Waals surface area (Å²) in [5, 5.41) is 0. The first-order chi connectivity index (χ1) is 15.4. The van der Waals surface area contributed by atoms with Gasteiger partial charge in [0.1, 0.15) is 30.9 Å². The van der Waals surface area contributed by atoms with E-state index in [4.69, 9.17) is 15.2 Å². The Hall–Kier alpha value is -3.32. The molecule has 1 unspecified atom stereocenters. The zero-order chi connectivity index (χ0) is 22.3. The predicted octanol–water partition coefficient (Wildman–Crippen LogP) is 4.80. The van der Waals surface area contributed by atoms with E-state index in [9.17, 15) is 0 Å². The van der Waals surface area contributed by atoms with Crippen molar-refractivity contribution >= 4 is 5.84 Å². The van der Waals surface area contributed by atoms with Crippen LogP contribution in [-0.4, -0.2) is 30.0 Å². The van der Waals surface area contributed by atoms with Crippen LogP contribution in [0.25, 0.3) is 11.1 Å². The topological polar surface area (TPSA) is 69.7 Å². The number of nitrogens with two attached hydrogens (primary N) is 1. The Balaban J connectivity index is 1.72. The van der Waals surface area contributed by atoms with Gasteiger partial charge in [-0.3, -0.25) is 9.98 Å². The molecule has 2 aromatic carbocycles. The fourth-order valence-corrected chi connectivity index (χ4v) is 4.49. The van der Waals surface area contributed by atoms with E-state index in [1.807, 2.05) is 49.4 Å². The van der Waals surface area contributed by atoms with E-state index in [1.54, 1.807) is 24.5 Å². The first-order valence-corrected chi connectivity index (χ1v) is 10.5. The second-order valence-electron chi connectivity index (χ2n) is 8.34. The van der Waals surface area contributed by atoms with E-state index in [1.165, 1.54) is 0 Å². The second-order valence-corrected chi connectivity index (χ2v) is 8.34. The third kappa shape index (κ3) is 3.42. The lowest BCUT2D eigenvalue weighted by Gasteiger charge is -2.43. The van der Waals surface area contributed by atoms with Gasteiger partial charge in [-0.25, -0.2) is 8.78 Å². The average Bonchev–Trinajstić information content (AvgIpc) is 2.89. The van der Waals surface area contributed by atoms with Crippen LogP contribution in [0.15, 0.2) is 72.0 Å². The van der Waals surface area contributed by atoms with Crippen molar-refractivity contribution in [3.05, 3.63) is 83.7 Å². The summed E-state index contributed by atoms with van der Waals surface area (Å²) < 4.78 is 43.0. The number of benzene rings is 2. The van der Waals surface area contributed by atoms with Crippen molar-refractivity contribution in [1.29, 1.82) is 0 Å². The number of fused-ring (bicyclic) bond motifs is 2. The molecule has 0 saturated heterocycles. The number of amidine groups is 1. The van der Waals surface area contributed by atoms with Gasteiger partial charge in [-0.2, -0.15) is 0 Å². The number of rotatable bonds is 2. The molecule has 5 nitrogen and oxygen atoms in total. The summed E-state index contributed by atoms with van der Waals surface area (Å²) in [5.74, 6) is -2.87. The van der Waals surface area contributed by atoms with E-state index < -0.39 is 24.2 Å². The summed E-state index contributed by atoms with van der Waals surface area (Å²) in [6.45, 7) is 1.03. The zero-order valence-corrected chi connectivity index (χ0v) is 17.6. The number of halogens is 2. The minimum absolute atomic E-state index is 0.0458. The smallest absolute Gasteiger partial charge is 0.299 e. The SMILES string of the molecule is Cc1cncc(-c2ccc3c(c2)[C@@]2(CC(c4ccccc4)O3)N=C(N)COCC2(F)F)c1. The molecule has 0 bridgehead atoms. The summed E-state index contributed by atoms with van der Waals surface area (Å²) >= 11 is 0. The molecule has 5 rings (SSSR count). The Morgan fingerprint density at radius 2 is 1.84 bits per heavy atom. The molecule has 0 amide bonds. The molecular formula is C25H23F2N3O2. The first-order valence-electron chi connectivity index (χ1n) is 10.5. The number of ether oxygens (including phenoxy) is 2. The number of aryl methyl sites for hydroxylation is 1. The highest BCUT2D eigenvalue weighted by Gasteiger charge is 2.60. The normalized spacial score (nSPS) is 24.2. The predicted molar refractivity (Wildman–Crippen MR) is 118 cm³/mol. The molecule has 2 N–H and O–H groups in total. The maximum atomic E-state index is 15.8. The Kier molecular flexibility index (Phi) is 4.93. The van der Waals surface area contributed by atoms with Crippen LogP contribution >= 0.6 is 0 Å². The van der Waals surface area contributed by atoms with Crippen LogP contribution in [0.3, 0.4) is 0 Å². The summed E-state index contributed by atoms with van der Waals surface area (Å²) in [5.41, 5.74) is 7.79. The van der Waals surface area contributed by atoms with Gasteiger partial charge in [-0.15, -0.1) is 0 Å². The average molecular weight is 435 g/mol. The van der Waals surface area contributed by atoms with Gasteiger partial charge < -0.3 is 15.2 Å². The first kappa shape index (κ1) is 20.6. The lowest BCUT2D eigenvalue weighted by atomic mass is 9.75. The molecule has 7 heteroatoms. The number of alkyl halides is 2. The molecule has 2 atom stereocenters. The molecule has 1 aromatic heterocycles. The minimum atomic E-state index is -3.29. The monoisotopic (exact) mass is 435 g/mol. The molecule has 0 aliphatic carbocycles. The van der Waals surface area contributed by atoms with Crippen LogP contribution in [-0.2, 0) is 10.3 Å².